The van der Waals surface area contributed by atoms with Crippen molar-refractivity contribution in [2.75, 3.05) is 12.9 Å². The molecule has 8 heteroatoms. The summed E-state index contributed by atoms with van der Waals surface area (Å²) in [5.41, 5.74) is 2.88. The second-order valence-corrected chi connectivity index (χ2v) is 7.20. The Morgan fingerprint density at radius 1 is 1.18 bits per heavy atom. The molecule has 0 aliphatic carbocycles. The van der Waals surface area contributed by atoms with Gasteiger partial charge < -0.3 is 9.15 Å². The second kappa shape index (κ2) is 7.40. The minimum Gasteiger partial charge on any atom is -0.497 e. The number of hydrogen-bond acceptors (Lipinski definition) is 6. The Labute approximate surface area is 164 Å². The molecule has 1 N–H and O–H groups in total. The molecular weight excluding hydrogens is 380 g/mol. The molecule has 0 bridgehead atoms. The predicted molar refractivity (Wildman–Crippen MR) is 105 cm³/mol. The lowest BCUT2D eigenvalue weighted by Crippen LogP contribution is -2.45. The van der Waals surface area contributed by atoms with Crippen LogP contribution in [0.25, 0.3) is 11.0 Å². The van der Waals surface area contributed by atoms with E-state index in [9.17, 15) is 14.4 Å². The molecule has 2 amide bonds. The fourth-order valence-electron chi connectivity index (χ4n) is 2.95. The Kier molecular flexibility index (Phi) is 4.79. The van der Waals surface area contributed by atoms with Gasteiger partial charge in [-0.25, -0.2) is 9.80 Å². The summed E-state index contributed by atoms with van der Waals surface area (Å²) in [6.07, 6.45) is 0. The smallest absolute Gasteiger partial charge is 0.349 e. The van der Waals surface area contributed by atoms with E-state index in [2.05, 4.69) is 5.43 Å². The Hall–Kier alpha value is -3.26. The van der Waals surface area contributed by atoms with Crippen molar-refractivity contribution in [1.29, 1.82) is 0 Å². The van der Waals surface area contributed by atoms with Crippen molar-refractivity contribution in [3.8, 4) is 5.75 Å². The van der Waals surface area contributed by atoms with Gasteiger partial charge in [0.25, 0.3) is 11.8 Å². The minimum atomic E-state index is -0.753. The van der Waals surface area contributed by atoms with Gasteiger partial charge in [-0.1, -0.05) is 30.3 Å². The van der Waals surface area contributed by atoms with Crippen molar-refractivity contribution < 1.29 is 18.7 Å². The number of benzene rings is 2. The van der Waals surface area contributed by atoms with E-state index < -0.39 is 16.9 Å². The zero-order chi connectivity index (χ0) is 19.7. The van der Waals surface area contributed by atoms with Gasteiger partial charge in [0.2, 0.25) is 0 Å². The first-order chi connectivity index (χ1) is 13.6. The van der Waals surface area contributed by atoms with Crippen LogP contribution in [0.4, 0.5) is 0 Å². The van der Waals surface area contributed by atoms with Crippen LogP contribution in [-0.2, 0) is 4.79 Å². The third kappa shape index (κ3) is 3.34. The molecule has 7 nitrogen and oxygen atoms in total. The number of nitrogens with zero attached hydrogens (tertiary/aromatic N) is 1. The van der Waals surface area contributed by atoms with Gasteiger partial charge >= 0.3 is 5.63 Å². The molecule has 28 heavy (non-hydrogen) atoms. The van der Waals surface area contributed by atoms with Gasteiger partial charge in [0, 0.05) is 5.39 Å². The molecule has 1 aromatic heterocycles. The molecule has 0 saturated carbocycles. The number of para-hydroxylation sites is 1. The zero-order valence-corrected chi connectivity index (χ0v) is 15.7. The maximum Gasteiger partial charge on any atom is 0.349 e. The Morgan fingerprint density at radius 2 is 1.93 bits per heavy atom. The lowest BCUT2D eigenvalue weighted by molar-refractivity contribution is -0.130. The van der Waals surface area contributed by atoms with Crippen molar-refractivity contribution in [2.45, 2.75) is 5.37 Å². The van der Waals surface area contributed by atoms with Crippen molar-refractivity contribution in [3.63, 3.8) is 0 Å². The molecule has 1 fully saturated rings. The SMILES string of the molecule is COc1ccc(C2SCC(=O)N2NC(=O)c2cc3ccccc3oc2=O)cc1. The first-order valence-corrected chi connectivity index (χ1v) is 9.53. The minimum absolute atomic E-state index is 0.156. The first-order valence-electron chi connectivity index (χ1n) is 8.48. The summed E-state index contributed by atoms with van der Waals surface area (Å²) in [6.45, 7) is 0. The molecule has 1 aliphatic rings. The van der Waals surface area contributed by atoms with E-state index in [4.69, 9.17) is 9.15 Å². The lowest BCUT2D eigenvalue weighted by atomic mass is 10.2. The van der Waals surface area contributed by atoms with Gasteiger partial charge in [0.05, 0.1) is 12.9 Å². The molecule has 142 valence electrons. The van der Waals surface area contributed by atoms with Gasteiger partial charge in [-0.2, -0.15) is 0 Å². The van der Waals surface area contributed by atoms with Crippen molar-refractivity contribution in [3.05, 3.63) is 76.1 Å². The van der Waals surface area contributed by atoms with Crippen LogP contribution in [0, 0.1) is 0 Å². The lowest BCUT2D eigenvalue weighted by Gasteiger charge is -2.24. The Balaban J connectivity index is 1.61. The number of hydrazine groups is 1. The van der Waals surface area contributed by atoms with Crippen LogP contribution in [-0.4, -0.2) is 29.7 Å². The number of nitrogens with one attached hydrogen (secondary N) is 1. The predicted octanol–water partition coefficient (Wildman–Crippen LogP) is 2.72. The molecule has 4 rings (SSSR count). The van der Waals surface area contributed by atoms with Crippen molar-refractivity contribution in [1.82, 2.24) is 10.4 Å². The topological polar surface area (TPSA) is 88.8 Å². The molecule has 1 aliphatic heterocycles. The maximum atomic E-state index is 12.7. The number of thioether (sulfide) groups is 1. The van der Waals surface area contributed by atoms with Gasteiger partial charge in [0.1, 0.15) is 22.3 Å². The quantitative estimate of drug-likeness (QED) is 0.682. The third-order valence-corrected chi connectivity index (χ3v) is 5.59. The van der Waals surface area contributed by atoms with E-state index in [1.165, 1.54) is 22.8 Å². The van der Waals surface area contributed by atoms with Crippen LogP contribution in [0.5, 0.6) is 5.75 Å². The number of hydrogen-bond donors (Lipinski definition) is 1. The van der Waals surface area contributed by atoms with Crippen LogP contribution < -0.4 is 15.8 Å². The number of rotatable bonds is 4. The second-order valence-electron chi connectivity index (χ2n) is 6.13. The highest BCUT2D eigenvalue weighted by Crippen LogP contribution is 2.37. The van der Waals surface area contributed by atoms with E-state index in [1.807, 2.05) is 12.1 Å². The number of amides is 2. The molecule has 2 aromatic carbocycles. The largest absolute Gasteiger partial charge is 0.497 e. The summed E-state index contributed by atoms with van der Waals surface area (Å²) < 4.78 is 10.4. The molecular formula is C20H16N2O5S. The molecule has 2 heterocycles. The van der Waals surface area contributed by atoms with E-state index in [1.54, 1.807) is 43.5 Å². The molecule has 0 radical (unpaired) electrons. The van der Waals surface area contributed by atoms with Crippen molar-refractivity contribution >= 4 is 34.5 Å². The van der Waals surface area contributed by atoms with Crippen LogP contribution in [0.2, 0.25) is 0 Å². The molecule has 0 spiro atoms. The number of methoxy groups -OCH3 is 1. The highest BCUT2D eigenvalue weighted by Gasteiger charge is 2.35. The normalized spacial score (nSPS) is 16.4. The summed E-state index contributed by atoms with van der Waals surface area (Å²) in [7, 11) is 1.57. The number of carbonyl (C=O) groups is 2. The fourth-order valence-corrected chi connectivity index (χ4v) is 4.06. The van der Waals surface area contributed by atoms with Crippen LogP contribution >= 0.6 is 11.8 Å². The maximum absolute atomic E-state index is 12.7. The van der Waals surface area contributed by atoms with Crippen LogP contribution in [0.1, 0.15) is 21.3 Å². The summed E-state index contributed by atoms with van der Waals surface area (Å²) in [5.74, 6) is -0.0100. The van der Waals surface area contributed by atoms with Gasteiger partial charge in [-0.15, -0.1) is 11.8 Å². The number of fused-ring (bicyclic) bond motifs is 1. The van der Waals surface area contributed by atoms with Gasteiger partial charge in [0.15, 0.2) is 0 Å². The highest BCUT2D eigenvalue weighted by molar-refractivity contribution is 8.00. The summed E-state index contributed by atoms with van der Waals surface area (Å²) in [4.78, 5) is 37.2. The van der Waals surface area contributed by atoms with E-state index in [0.29, 0.717) is 16.7 Å². The molecule has 1 saturated heterocycles. The number of ether oxygens (including phenoxy) is 1. The summed E-state index contributed by atoms with van der Waals surface area (Å²) >= 11 is 1.39. The average Bonchev–Trinajstić information content (AvgIpc) is 3.07. The monoisotopic (exact) mass is 396 g/mol. The molecule has 1 unspecified atom stereocenters. The average molecular weight is 396 g/mol. The standard InChI is InChI=1S/C20H16N2O5S/c1-26-14-8-6-12(7-9-14)19-22(17(23)11-28-19)21-18(24)15-10-13-4-2-3-5-16(13)27-20(15)25/h2-10,19H,11H2,1H3,(H,21,24). The van der Waals surface area contributed by atoms with Gasteiger partial charge in [-0.3, -0.25) is 15.0 Å². The van der Waals surface area contributed by atoms with E-state index in [-0.39, 0.29) is 17.2 Å². The molecule has 1 atom stereocenters. The third-order valence-electron chi connectivity index (χ3n) is 4.38. The Bertz CT molecular complexity index is 1110. The van der Waals surface area contributed by atoms with Crippen LogP contribution in [0.15, 0.2) is 63.8 Å². The molecule has 3 aromatic rings. The summed E-state index contributed by atoms with van der Waals surface area (Å²) in [5, 5.41) is 1.49. The highest BCUT2D eigenvalue weighted by atomic mass is 32.2. The Morgan fingerprint density at radius 3 is 2.68 bits per heavy atom. The zero-order valence-electron chi connectivity index (χ0n) is 14.9. The van der Waals surface area contributed by atoms with E-state index in [0.717, 1.165) is 5.56 Å². The number of carbonyl (C=O) groups excluding carboxylic acids is 2. The van der Waals surface area contributed by atoms with E-state index >= 15 is 0 Å². The van der Waals surface area contributed by atoms with Gasteiger partial charge in [-0.05, 0) is 29.8 Å². The van der Waals surface area contributed by atoms with Crippen molar-refractivity contribution in [2.24, 2.45) is 0 Å². The van der Waals surface area contributed by atoms with Crippen LogP contribution in [0.3, 0.4) is 0 Å². The first kappa shape index (κ1) is 18.1. The fraction of sp³-hybridized carbons (Fsp3) is 0.150. The summed E-state index contributed by atoms with van der Waals surface area (Å²) in [6, 6.07) is 15.6.